The third-order valence-corrected chi connectivity index (χ3v) is 3.90. The predicted octanol–water partition coefficient (Wildman–Crippen LogP) is 3.07. The minimum atomic E-state index is -0.448. The van der Waals surface area contributed by atoms with Gasteiger partial charge in [-0.1, -0.05) is 6.07 Å². The van der Waals surface area contributed by atoms with E-state index in [1.54, 1.807) is 55.8 Å². The number of imidazole rings is 1. The van der Waals surface area contributed by atoms with Gasteiger partial charge in [-0.05, 0) is 44.5 Å². The summed E-state index contributed by atoms with van der Waals surface area (Å²) in [5.74, 6) is -0.0752. The van der Waals surface area contributed by atoms with Gasteiger partial charge in [0.2, 0.25) is 5.78 Å². The number of nitrogens with one attached hydrogen (secondary N) is 1. The molecule has 0 spiro atoms. The van der Waals surface area contributed by atoms with E-state index in [9.17, 15) is 9.18 Å². The lowest BCUT2D eigenvalue weighted by molar-refractivity contribution is 0.0933. The van der Waals surface area contributed by atoms with Crippen molar-refractivity contribution in [1.82, 2.24) is 19.7 Å². The summed E-state index contributed by atoms with van der Waals surface area (Å²) in [6.45, 7) is 5.74. The number of benzene rings is 1. The lowest BCUT2D eigenvalue weighted by Gasteiger charge is -2.15. The fourth-order valence-electron chi connectivity index (χ4n) is 2.68. The van der Waals surface area contributed by atoms with Gasteiger partial charge in [0.05, 0.1) is 18.3 Å². The van der Waals surface area contributed by atoms with Gasteiger partial charge in [-0.25, -0.2) is 14.4 Å². The van der Waals surface area contributed by atoms with E-state index in [1.165, 1.54) is 6.07 Å². The van der Waals surface area contributed by atoms with E-state index < -0.39 is 5.82 Å². The van der Waals surface area contributed by atoms with Crippen LogP contribution < -0.4 is 10.1 Å². The highest BCUT2D eigenvalue weighted by Gasteiger charge is 2.19. The van der Waals surface area contributed by atoms with Gasteiger partial charge in [0.15, 0.2) is 11.6 Å². The second-order valence-corrected chi connectivity index (χ2v) is 5.65. The number of fused-ring (bicyclic) bond motifs is 1. The van der Waals surface area contributed by atoms with Crippen LogP contribution in [0, 0.1) is 12.7 Å². The fraction of sp³-hybridized carbons (Fsp3) is 0.278. The van der Waals surface area contributed by atoms with Crippen LogP contribution in [0.2, 0.25) is 0 Å². The van der Waals surface area contributed by atoms with Crippen molar-refractivity contribution < 1.29 is 13.9 Å². The molecule has 1 aromatic carbocycles. The number of carbonyl (C=O) groups excluding carboxylic acids is 1. The summed E-state index contributed by atoms with van der Waals surface area (Å²) in [4.78, 5) is 21.1. The highest BCUT2D eigenvalue weighted by Crippen LogP contribution is 2.22. The van der Waals surface area contributed by atoms with Crippen molar-refractivity contribution in [3.05, 3.63) is 59.4 Å². The topological polar surface area (TPSA) is 68.5 Å². The van der Waals surface area contributed by atoms with E-state index in [0.717, 1.165) is 0 Å². The average molecular weight is 342 g/mol. The molecule has 1 atom stereocenters. The minimum Gasteiger partial charge on any atom is -0.491 e. The highest BCUT2D eigenvalue weighted by molar-refractivity contribution is 5.94. The molecule has 0 saturated heterocycles. The molecule has 3 rings (SSSR count). The Morgan fingerprint density at radius 2 is 2.24 bits per heavy atom. The molecule has 2 heterocycles. The molecule has 0 aliphatic carbocycles. The standard InChI is InChI=1S/C18H19FN4O2/c1-4-25-15-7-6-13(10-14(15)19)11(2)21-17(24)16-12(3)22-18-20-8-5-9-23(16)18/h5-11H,4H2,1-3H3,(H,21,24)/t11-/m1/s1. The van der Waals surface area contributed by atoms with Crippen molar-refractivity contribution in [2.24, 2.45) is 0 Å². The molecule has 0 saturated carbocycles. The number of amides is 1. The van der Waals surface area contributed by atoms with Crippen LogP contribution in [0.15, 0.2) is 36.7 Å². The Morgan fingerprint density at radius 3 is 2.96 bits per heavy atom. The molecule has 6 nitrogen and oxygen atoms in total. The summed E-state index contributed by atoms with van der Waals surface area (Å²) in [5, 5.41) is 2.88. The maximum absolute atomic E-state index is 14.0. The first-order valence-corrected chi connectivity index (χ1v) is 8.04. The van der Waals surface area contributed by atoms with Crippen LogP contribution in [-0.4, -0.2) is 26.9 Å². The number of hydrogen-bond acceptors (Lipinski definition) is 4. The van der Waals surface area contributed by atoms with E-state index in [2.05, 4.69) is 15.3 Å². The van der Waals surface area contributed by atoms with Crippen LogP contribution in [0.1, 0.15) is 41.6 Å². The molecule has 25 heavy (non-hydrogen) atoms. The average Bonchev–Trinajstić information content (AvgIpc) is 2.92. The molecule has 0 radical (unpaired) electrons. The summed E-state index contributed by atoms with van der Waals surface area (Å²) in [6, 6.07) is 6.04. The summed E-state index contributed by atoms with van der Waals surface area (Å²) in [6.07, 6.45) is 3.35. The van der Waals surface area contributed by atoms with Gasteiger partial charge in [-0.15, -0.1) is 0 Å². The Hall–Kier alpha value is -2.96. The summed E-state index contributed by atoms with van der Waals surface area (Å²) < 4.78 is 20.9. The lowest BCUT2D eigenvalue weighted by Crippen LogP contribution is -2.28. The number of aryl methyl sites for hydroxylation is 1. The summed E-state index contributed by atoms with van der Waals surface area (Å²) in [5.41, 5.74) is 1.65. The fourth-order valence-corrected chi connectivity index (χ4v) is 2.68. The third-order valence-electron chi connectivity index (χ3n) is 3.90. The quantitative estimate of drug-likeness (QED) is 0.774. The molecule has 0 unspecified atom stereocenters. The zero-order valence-corrected chi connectivity index (χ0v) is 14.3. The second-order valence-electron chi connectivity index (χ2n) is 5.65. The lowest BCUT2D eigenvalue weighted by atomic mass is 10.1. The van der Waals surface area contributed by atoms with Crippen molar-refractivity contribution in [1.29, 1.82) is 0 Å². The number of aromatic nitrogens is 3. The smallest absolute Gasteiger partial charge is 0.270 e. The summed E-state index contributed by atoms with van der Waals surface area (Å²) >= 11 is 0. The second kappa shape index (κ2) is 6.88. The van der Waals surface area contributed by atoms with Crippen molar-refractivity contribution in [2.75, 3.05) is 6.61 Å². The number of hydrogen-bond donors (Lipinski definition) is 1. The minimum absolute atomic E-state index is 0.202. The van der Waals surface area contributed by atoms with Crippen LogP contribution in [0.25, 0.3) is 5.78 Å². The number of rotatable bonds is 5. The monoisotopic (exact) mass is 342 g/mol. The van der Waals surface area contributed by atoms with Crippen molar-refractivity contribution in [3.63, 3.8) is 0 Å². The Bertz CT molecular complexity index is 923. The van der Waals surface area contributed by atoms with Crippen molar-refractivity contribution >= 4 is 11.7 Å². The molecule has 0 fully saturated rings. The van der Waals surface area contributed by atoms with Crippen LogP contribution in [0.5, 0.6) is 5.75 Å². The molecular weight excluding hydrogens is 323 g/mol. The SMILES string of the molecule is CCOc1ccc([C@@H](C)NC(=O)c2c(C)nc3ncccn23)cc1F. The van der Waals surface area contributed by atoms with Gasteiger partial charge < -0.3 is 10.1 Å². The van der Waals surface area contributed by atoms with Crippen LogP contribution in [-0.2, 0) is 0 Å². The molecule has 2 aromatic heterocycles. The largest absolute Gasteiger partial charge is 0.491 e. The van der Waals surface area contributed by atoms with Gasteiger partial charge in [0.25, 0.3) is 5.91 Å². The molecule has 0 bridgehead atoms. The maximum atomic E-state index is 14.0. The molecule has 7 heteroatoms. The Morgan fingerprint density at radius 1 is 1.44 bits per heavy atom. The van der Waals surface area contributed by atoms with E-state index in [0.29, 0.717) is 29.3 Å². The highest BCUT2D eigenvalue weighted by atomic mass is 19.1. The molecule has 1 amide bonds. The van der Waals surface area contributed by atoms with Gasteiger partial charge in [0, 0.05) is 12.4 Å². The van der Waals surface area contributed by atoms with Gasteiger partial charge in [-0.3, -0.25) is 9.20 Å². The molecular formula is C18H19FN4O2. The molecule has 3 aromatic rings. The van der Waals surface area contributed by atoms with E-state index in [1.807, 2.05) is 0 Å². The third kappa shape index (κ3) is 3.31. The molecule has 1 N–H and O–H groups in total. The molecule has 130 valence electrons. The molecule has 0 aliphatic rings. The Balaban J connectivity index is 1.82. The molecule has 0 aliphatic heterocycles. The van der Waals surface area contributed by atoms with Crippen molar-refractivity contribution in [3.8, 4) is 5.75 Å². The number of halogens is 1. The Kier molecular flexibility index (Phi) is 4.65. The van der Waals surface area contributed by atoms with E-state index >= 15 is 0 Å². The van der Waals surface area contributed by atoms with Gasteiger partial charge in [-0.2, -0.15) is 0 Å². The first-order valence-electron chi connectivity index (χ1n) is 8.04. The van der Waals surface area contributed by atoms with E-state index in [4.69, 9.17) is 4.74 Å². The zero-order chi connectivity index (χ0) is 18.0. The van der Waals surface area contributed by atoms with Crippen LogP contribution >= 0.6 is 0 Å². The Labute approximate surface area is 144 Å². The maximum Gasteiger partial charge on any atom is 0.270 e. The number of ether oxygens (including phenoxy) is 1. The first-order chi connectivity index (χ1) is 12.0. The van der Waals surface area contributed by atoms with E-state index in [-0.39, 0.29) is 17.7 Å². The van der Waals surface area contributed by atoms with Crippen LogP contribution in [0.3, 0.4) is 0 Å². The first kappa shape index (κ1) is 16.9. The normalized spacial score (nSPS) is 12.2. The summed E-state index contributed by atoms with van der Waals surface area (Å²) in [7, 11) is 0. The number of carbonyl (C=O) groups is 1. The van der Waals surface area contributed by atoms with Crippen LogP contribution in [0.4, 0.5) is 4.39 Å². The van der Waals surface area contributed by atoms with Gasteiger partial charge in [0.1, 0.15) is 5.69 Å². The number of nitrogens with zero attached hydrogens (tertiary/aromatic N) is 3. The van der Waals surface area contributed by atoms with Crippen molar-refractivity contribution in [2.45, 2.75) is 26.8 Å². The zero-order valence-electron chi connectivity index (χ0n) is 14.3. The predicted molar refractivity (Wildman–Crippen MR) is 91.2 cm³/mol. The van der Waals surface area contributed by atoms with Gasteiger partial charge >= 0.3 is 0 Å².